The van der Waals surface area contributed by atoms with Crippen LogP contribution in [0.2, 0.25) is 5.02 Å². The molecule has 2 fully saturated rings. The molecule has 2 aliphatic rings. The molecule has 1 atom stereocenters. The van der Waals surface area contributed by atoms with E-state index in [1.807, 2.05) is 20.8 Å². The van der Waals surface area contributed by atoms with Crippen LogP contribution in [0.25, 0.3) is 0 Å². The smallest absolute Gasteiger partial charge is 0.410 e. The van der Waals surface area contributed by atoms with Gasteiger partial charge in [0, 0.05) is 48.2 Å². The zero-order chi connectivity index (χ0) is 30.2. The predicted molar refractivity (Wildman–Crippen MR) is 152 cm³/mol. The maximum absolute atomic E-state index is 13.7. The first-order valence-electron chi connectivity index (χ1n) is 13.7. The molecule has 0 aromatic heterocycles. The molecular formula is C30H37ClF3N3O4. The Morgan fingerprint density at radius 3 is 2.29 bits per heavy atom. The zero-order valence-electron chi connectivity index (χ0n) is 23.5. The number of carbonyl (C=O) groups excluding carboxylic acids is 3. The van der Waals surface area contributed by atoms with Crippen LogP contribution < -0.4 is 10.2 Å². The lowest BCUT2D eigenvalue weighted by atomic mass is 9.91. The number of hydrogen-bond acceptors (Lipinski definition) is 4. The van der Waals surface area contributed by atoms with Crippen LogP contribution in [-0.4, -0.2) is 54.0 Å². The van der Waals surface area contributed by atoms with Crippen LogP contribution in [0.1, 0.15) is 70.9 Å². The van der Waals surface area contributed by atoms with Crippen molar-refractivity contribution in [3.05, 3.63) is 64.9 Å². The first kappa shape index (κ1) is 32.2. The van der Waals surface area contributed by atoms with E-state index in [4.69, 9.17) is 16.3 Å². The third-order valence-electron chi connectivity index (χ3n) is 6.77. The Morgan fingerprint density at radius 1 is 1.10 bits per heavy atom. The van der Waals surface area contributed by atoms with Gasteiger partial charge in [-0.1, -0.05) is 35.9 Å². The number of benzene rings is 2. The molecule has 1 unspecified atom stereocenters. The number of alkyl halides is 2. The number of nitrogens with zero attached hydrogens (tertiary/aromatic N) is 2. The number of halogens is 4. The summed E-state index contributed by atoms with van der Waals surface area (Å²) in [5.74, 6) is -3.85. The summed E-state index contributed by atoms with van der Waals surface area (Å²) in [6.07, 6.45) is 2.13. The van der Waals surface area contributed by atoms with Gasteiger partial charge in [-0.3, -0.25) is 14.5 Å². The van der Waals surface area contributed by atoms with Crippen molar-refractivity contribution in [1.29, 1.82) is 0 Å². The van der Waals surface area contributed by atoms with Crippen LogP contribution in [0.4, 0.5) is 23.7 Å². The van der Waals surface area contributed by atoms with Crippen LogP contribution in [-0.2, 0) is 14.3 Å². The third kappa shape index (κ3) is 9.66. The minimum atomic E-state index is -2.72. The topological polar surface area (TPSA) is 79.0 Å². The molecule has 41 heavy (non-hydrogen) atoms. The first-order valence-corrected chi connectivity index (χ1v) is 14.1. The molecule has 4 rings (SSSR count). The van der Waals surface area contributed by atoms with Gasteiger partial charge in [0.15, 0.2) is 0 Å². The molecule has 0 bridgehead atoms. The quantitative estimate of drug-likeness (QED) is 0.369. The Hall–Kier alpha value is -3.27. The zero-order valence-corrected chi connectivity index (χ0v) is 24.3. The number of ether oxygens (including phenoxy) is 1. The molecule has 0 radical (unpaired) electrons. The van der Waals surface area contributed by atoms with E-state index in [9.17, 15) is 27.6 Å². The van der Waals surface area contributed by atoms with E-state index in [1.54, 1.807) is 29.2 Å². The number of anilines is 1. The molecule has 1 saturated heterocycles. The van der Waals surface area contributed by atoms with Crippen molar-refractivity contribution in [2.75, 3.05) is 18.0 Å². The number of hydrogen-bond donors (Lipinski definition) is 1. The van der Waals surface area contributed by atoms with Crippen LogP contribution >= 0.6 is 11.6 Å². The van der Waals surface area contributed by atoms with Gasteiger partial charge in [-0.15, -0.1) is 0 Å². The molecule has 1 N–H and O–H groups in total. The minimum Gasteiger partial charge on any atom is -0.444 e. The van der Waals surface area contributed by atoms with E-state index >= 15 is 0 Å². The van der Waals surface area contributed by atoms with E-state index in [0.717, 1.165) is 36.9 Å². The van der Waals surface area contributed by atoms with E-state index in [0.29, 0.717) is 12.0 Å². The highest BCUT2D eigenvalue weighted by atomic mass is 35.5. The molecule has 1 saturated carbocycles. The van der Waals surface area contributed by atoms with Gasteiger partial charge in [0.2, 0.25) is 18.2 Å². The first-order chi connectivity index (χ1) is 19.3. The summed E-state index contributed by atoms with van der Waals surface area (Å²) in [5, 5.41) is 3.01. The summed E-state index contributed by atoms with van der Waals surface area (Å²) in [6, 6.07) is 10.2. The van der Waals surface area contributed by atoms with E-state index in [2.05, 4.69) is 5.32 Å². The molecule has 1 heterocycles. The second kappa shape index (κ2) is 14.1. The Morgan fingerprint density at radius 2 is 1.73 bits per heavy atom. The van der Waals surface area contributed by atoms with Crippen molar-refractivity contribution in [3.8, 4) is 0 Å². The van der Waals surface area contributed by atoms with Crippen molar-refractivity contribution in [2.45, 2.75) is 82.9 Å². The van der Waals surface area contributed by atoms with Crippen LogP contribution in [0.15, 0.2) is 48.5 Å². The fourth-order valence-electron chi connectivity index (χ4n) is 4.71. The maximum Gasteiger partial charge on any atom is 0.410 e. The Labute approximate surface area is 244 Å². The fraction of sp³-hybridized carbons (Fsp3) is 0.500. The second-order valence-electron chi connectivity index (χ2n) is 11.2. The predicted octanol–water partition coefficient (Wildman–Crippen LogP) is 6.89. The lowest BCUT2D eigenvalue weighted by molar-refractivity contribution is -0.125. The average Bonchev–Trinajstić information content (AvgIpc) is 3.44. The number of likely N-dealkylation sites (tertiary alicyclic amines) is 1. The molecular weight excluding hydrogens is 559 g/mol. The van der Waals surface area contributed by atoms with Crippen LogP contribution in [0.3, 0.4) is 0 Å². The van der Waals surface area contributed by atoms with E-state index in [1.165, 1.54) is 18.2 Å². The van der Waals surface area contributed by atoms with Crippen molar-refractivity contribution in [1.82, 2.24) is 10.2 Å². The SMILES string of the molecule is CC(C)(C)OC(=O)N1CCCC1.O=CN(c1cccc(F)c1)C(C(=O)NC1CCC(F)(F)CC1)c1ccccc1Cl. The van der Waals surface area contributed by atoms with Gasteiger partial charge in [-0.05, 0) is 70.7 Å². The maximum atomic E-state index is 13.7. The van der Waals surface area contributed by atoms with Gasteiger partial charge in [0.05, 0.1) is 0 Å². The van der Waals surface area contributed by atoms with Gasteiger partial charge in [0.25, 0.3) is 0 Å². The van der Waals surface area contributed by atoms with Crippen LogP contribution in [0.5, 0.6) is 0 Å². The summed E-state index contributed by atoms with van der Waals surface area (Å²) >= 11 is 6.27. The number of rotatable bonds is 6. The average molecular weight is 596 g/mol. The third-order valence-corrected chi connectivity index (χ3v) is 7.11. The monoisotopic (exact) mass is 595 g/mol. The minimum absolute atomic E-state index is 0.134. The molecule has 1 aliphatic carbocycles. The molecule has 0 spiro atoms. The van der Waals surface area contributed by atoms with Gasteiger partial charge in [0.1, 0.15) is 17.5 Å². The summed E-state index contributed by atoms with van der Waals surface area (Å²) < 4.78 is 45.8. The number of nitrogens with one attached hydrogen (secondary N) is 1. The van der Waals surface area contributed by atoms with Crippen LogP contribution in [0, 0.1) is 5.82 Å². The lowest BCUT2D eigenvalue weighted by Gasteiger charge is -2.33. The summed E-state index contributed by atoms with van der Waals surface area (Å²) in [6.45, 7) is 7.38. The van der Waals surface area contributed by atoms with Gasteiger partial charge >= 0.3 is 6.09 Å². The summed E-state index contributed by atoms with van der Waals surface area (Å²) in [7, 11) is 0. The second-order valence-corrected chi connectivity index (χ2v) is 11.6. The normalized spacial score (nSPS) is 17.6. The largest absolute Gasteiger partial charge is 0.444 e. The van der Waals surface area contributed by atoms with Crippen molar-refractivity contribution >= 4 is 35.7 Å². The highest BCUT2D eigenvalue weighted by Gasteiger charge is 2.37. The summed E-state index contributed by atoms with van der Waals surface area (Å²) in [4.78, 5) is 39.3. The molecule has 2 aromatic carbocycles. The number of carbonyl (C=O) groups is 3. The summed E-state index contributed by atoms with van der Waals surface area (Å²) in [5.41, 5.74) is 0.166. The van der Waals surface area contributed by atoms with E-state index in [-0.39, 0.29) is 48.1 Å². The Bertz CT molecular complexity index is 1190. The van der Waals surface area contributed by atoms with Gasteiger partial charge in [-0.25, -0.2) is 18.0 Å². The number of amides is 3. The standard InChI is InChI=1S/C21H20ClF3N2O2.C9H17NO2/c22-18-7-2-1-6-17(18)19(27(13-28)16-5-3-4-14(23)12-16)20(29)26-15-8-10-21(24,25)11-9-15;1-9(2,3)12-8(11)10-6-4-5-7-10/h1-7,12-13,15,19H,8-11H2,(H,26,29);4-7H2,1-3H3. The highest BCUT2D eigenvalue weighted by molar-refractivity contribution is 6.31. The highest BCUT2D eigenvalue weighted by Crippen LogP contribution is 2.35. The Kier molecular flexibility index (Phi) is 11.1. The molecule has 2 aromatic rings. The van der Waals surface area contributed by atoms with Crippen molar-refractivity contribution < 1.29 is 32.3 Å². The van der Waals surface area contributed by atoms with Crippen molar-refractivity contribution in [3.63, 3.8) is 0 Å². The molecule has 3 amide bonds. The molecule has 1 aliphatic heterocycles. The lowest BCUT2D eigenvalue weighted by Crippen LogP contribution is -2.46. The van der Waals surface area contributed by atoms with Crippen molar-refractivity contribution in [2.24, 2.45) is 0 Å². The van der Waals surface area contributed by atoms with E-state index < -0.39 is 29.7 Å². The molecule has 224 valence electrons. The fourth-order valence-corrected chi connectivity index (χ4v) is 4.95. The molecule has 11 heteroatoms. The van der Waals surface area contributed by atoms with Gasteiger partial charge < -0.3 is 15.0 Å². The van der Waals surface area contributed by atoms with Gasteiger partial charge in [-0.2, -0.15) is 0 Å². The Balaban J connectivity index is 0.000000322. The molecule has 7 nitrogen and oxygen atoms in total.